The molecule has 0 saturated carbocycles. The van der Waals surface area contributed by atoms with Crippen LogP contribution in [0.15, 0.2) is 0 Å². The van der Waals surface area contributed by atoms with Crippen molar-refractivity contribution in [2.45, 2.75) is 31.8 Å². The Morgan fingerprint density at radius 3 is 2.25 bits per heavy atom. The molecule has 1 N–H and O–H groups in total. The van der Waals surface area contributed by atoms with Crippen molar-refractivity contribution in [3.05, 3.63) is 0 Å². The summed E-state index contributed by atoms with van der Waals surface area (Å²) >= 11 is 0. The highest BCUT2D eigenvalue weighted by molar-refractivity contribution is 5.83. The van der Waals surface area contributed by atoms with Crippen molar-refractivity contribution in [3.8, 4) is 0 Å². The molecule has 20 heavy (non-hydrogen) atoms. The molecule has 2 heterocycles. The molecule has 0 spiro atoms. The number of rotatable bonds is 4. The monoisotopic (exact) mass is 284 g/mol. The van der Waals surface area contributed by atoms with E-state index in [4.69, 9.17) is 9.84 Å². The van der Waals surface area contributed by atoms with Crippen molar-refractivity contribution in [1.82, 2.24) is 9.80 Å². The Labute approximate surface area is 117 Å². The predicted molar refractivity (Wildman–Crippen MR) is 69.0 cm³/mol. The quantitative estimate of drug-likeness (QED) is 0.766. The molecule has 0 radical (unpaired) electrons. The van der Waals surface area contributed by atoms with E-state index in [-0.39, 0.29) is 30.8 Å². The highest BCUT2D eigenvalue weighted by Crippen LogP contribution is 2.16. The molecule has 0 aliphatic carbocycles. The summed E-state index contributed by atoms with van der Waals surface area (Å²) in [5.41, 5.74) is 0. The fraction of sp³-hybridized carbons (Fsp3) is 0.769. The molecule has 2 aliphatic heterocycles. The Bertz CT molecular complexity index is 384. The summed E-state index contributed by atoms with van der Waals surface area (Å²) in [7, 11) is 0. The smallest absolute Gasteiger partial charge is 0.303 e. The van der Waals surface area contributed by atoms with Crippen molar-refractivity contribution in [3.63, 3.8) is 0 Å². The van der Waals surface area contributed by atoms with Gasteiger partial charge in [0.25, 0.3) is 5.91 Å². The van der Waals surface area contributed by atoms with Crippen LogP contribution >= 0.6 is 0 Å². The second-order valence-corrected chi connectivity index (χ2v) is 5.10. The van der Waals surface area contributed by atoms with Crippen LogP contribution in [0.4, 0.5) is 0 Å². The minimum absolute atomic E-state index is 0.0140. The lowest BCUT2D eigenvalue weighted by Gasteiger charge is -2.35. The average molecular weight is 284 g/mol. The standard InChI is InChI=1S/C13H20N2O5/c16-11(3-4-12(17)18)14-5-7-15(8-6-14)13(19)10-2-1-9-20-10/h10H,1-9H2,(H,17,18). The van der Waals surface area contributed by atoms with Crippen molar-refractivity contribution in [1.29, 1.82) is 0 Å². The highest BCUT2D eigenvalue weighted by atomic mass is 16.5. The first-order valence-corrected chi connectivity index (χ1v) is 6.98. The van der Waals surface area contributed by atoms with Crippen LogP contribution in [0.3, 0.4) is 0 Å². The number of carboxylic acid groups (broad SMARTS) is 1. The Balaban J connectivity index is 1.75. The summed E-state index contributed by atoms with van der Waals surface area (Å²) < 4.78 is 5.37. The van der Waals surface area contributed by atoms with Crippen molar-refractivity contribution in [2.75, 3.05) is 32.8 Å². The number of piperazine rings is 1. The van der Waals surface area contributed by atoms with E-state index >= 15 is 0 Å². The molecule has 2 fully saturated rings. The zero-order chi connectivity index (χ0) is 14.5. The van der Waals surface area contributed by atoms with Crippen LogP contribution in [0, 0.1) is 0 Å². The zero-order valence-electron chi connectivity index (χ0n) is 11.4. The molecule has 0 aromatic rings. The summed E-state index contributed by atoms with van der Waals surface area (Å²) in [5, 5.41) is 8.56. The fourth-order valence-corrected chi connectivity index (χ4v) is 2.52. The molecule has 7 nitrogen and oxygen atoms in total. The van der Waals surface area contributed by atoms with Gasteiger partial charge < -0.3 is 19.6 Å². The number of amides is 2. The van der Waals surface area contributed by atoms with Crippen LogP contribution in [0.1, 0.15) is 25.7 Å². The SMILES string of the molecule is O=C(O)CCC(=O)N1CCN(C(=O)C2CCCO2)CC1. The van der Waals surface area contributed by atoms with E-state index in [0.717, 1.165) is 12.8 Å². The molecule has 2 amide bonds. The lowest BCUT2D eigenvalue weighted by molar-refractivity contribution is -0.146. The van der Waals surface area contributed by atoms with Crippen LogP contribution in [-0.4, -0.2) is 71.6 Å². The van der Waals surface area contributed by atoms with E-state index in [0.29, 0.717) is 32.8 Å². The van der Waals surface area contributed by atoms with Gasteiger partial charge in [0.2, 0.25) is 5.91 Å². The first kappa shape index (κ1) is 14.8. The second kappa shape index (κ2) is 6.69. The third kappa shape index (κ3) is 3.69. The number of ether oxygens (including phenoxy) is 1. The van der Waals surface area contributed by atoms with Gasteiger partial charge in [-0.15, -0.1) is 0 Å². The minimum atomic E-state index is -0.967. The Morgan fingerprint density at radius 2 is 1.70 bits per heavy atom. The maximum absolute atomic E-state index is 12.1. The van der Waals surface area contributed by atoms with Gasteiger partial charge in [-0.25, -0.2) is 0 Å². The van der Waals surface area contributed by atoms with Crippen LogP contribution in [-0.2, 0) is 19.1 Å². The highest BCUT2D eigenvalue weighted by Gasteiger charge is 2.31. The Hall–Kier alpha value is -1.63. The fourth-order valence-electron chi connectivity index (χ4n) is 2.52. The molecular formula is C13H20N2O5. The average Bonchev–Trinajstić information content (AvgIpc) is 2.98. The number of carbonyl (C=O) groups excluding carboxylic acids is 2. The number of nitrogens with zero attached hydrogens (tertiary/aromatic N) is 2. The molecule has 112 valence electrons. The molecule has 1 unspecified atom stereocenters. The van der Waals surface area contributed by atoms with Gasteiger partial charge in [0, 0.05) is 39.2 Å². The maximum atomic E-state index is 12.1. The lowest BCUT2D eigenvalue weighted by Crippen LogP contribution is -2.52. The summed E-state index contributed by atoms with van der Waals surface area (Å²) in [6.45, 7) is 2.58. The number of hydrogen-bond acceptors (Lipinski definition) is 4. The van der Waals surface area contributed by atoms with Gasteiger partial charge in [-0.05, 0) is 12.8 Å². The number of aliphatic carboxylic acids is 1. The van der Waals surface area contributed by atoms with E-state index in [1.807, 2.05) is 0 Å². The third-order valence-corrected chi connectivity index (χ3v) is 3.70. The number of carboxylic acids is 1. The molecule has 2 saturated heterocycles. The van der Waals surface area contributed by atoms with Crippen molar-refractivity contribution in [2.24, 2.45) is 0 Å². The maximum Gasteiger partial charge on any atom is 0.303 e. The molecular weight excluding hydrogens is 264 g/mol. The molecule has 7 heteroatoms. The van der Waals surface area contributed by atoms with Crippen LogP contribution < -0.4 is 0 Å². The summed E-state index contributed by atoms with van der Waals surface area (Å²) in [4.78, 5) is 37.7. The topological polar surface area (TPSA) is 87.2 Å². The molecule has 1 atom stereocenters. The zero-order valence-corrected chi connectivity index (χ0v) is 11.4. The number of carbonyl (C=O) groups is 3. The van der Waals surface area contributed by atoms with E-state index in [1.165, 1.54) is 0 Å². The number of hydrogen-bond donors (Lipinski definition) is 1. The molecule has 2 rings (SSSR count). The molecule has 2 aliphatic rings. The first-order valence-electron chi connectivity index (χ1n) is 6.98. The summed E-state index contributed by atoms with van der Waals surface area (Å²) in [6.07, 6.45) is 1.26. The van der Waals surface area contributed by atoms with Gasteiger partial charge in [-0.2, -0.15) is 0 Å². The van der Waals surface area contributed by atoms with E-state index in [9.17, 15) is 14.4 Å². The molecule has 0 aromatic carbocycles. The third-order valence-electron chi connectivity index (χ3n) is 3.70. The van der Waals surface area contributed by atoms with Crippen LogP contribution in [0.25, 0.3) is 0 Å². The van der Waals surface area contributed by atoms with Gasteiger partial charge in [0.15, 0.2) is 0 Å². The van der Waals surface area contributed by atoms with E-state index in [2.05, 4.69) is 0 Å². The summed E-state index contributed by atoms with van der Waals surface area (Å²) in [5.74, 6) is -1.11. The largest absolute Gasteiger partial charge is 0.481 e. The van der Waals surface area contributed by atoms with Gasteiger partial charge >= 0.3 is 5.97 Å². The van der Waals surface area contributed by atoms with Gasteiger partial charge in [0.1, 0.15) is 6.10 Å². The summed E-state index contributed by atoms with van der Waals surface area (Å²) in [6, 6.07) is 0. The Morgan fingerprint density at radius 1 is 1.05 bits per heavy atom. The van der Waals surface area contributed by atoms with E-state index < -0.39 is 5.97 Å². The first-order chi connectivity index (χ1) is 9.58. The predicted octanol–water partition coefficient (Wildman–Crippen LogP) is -0.299. The van der Waals surface area contributed by atoms with Gasteiger partial charge in [-0.1, -0.05) is 0 Å². The van der Waals surface area contributed by atoms with Crippen molar-refractivity contribution < 1.29 is 24.2 Å². The second-order valence-electron chi connectivity index (χ2n) is 5.10. The van der Waals surface area contributed by atoms with Crippen molar-refractivity contribution >= 4 is 17.8 Å². The van der Waals surface area contributed by atoms with Gasteiger partial charge in [0.05, 0.1) is 6.42 Å². The van der Waals surface area contributed by atoms with Crippen LogP contribution in [0.5, 0.6) is 0 Å². The van der Waals surface area contributed by atoms with Gasteiger partial charge in [-0.3, -0.25) is 14.4 Å². The lowest BCUT2D eigenvalue weighted by atomic mass is 10.2. The Kier molecular flexibility index (Phi) is 4.94. The molecule has 0 aromatic heterocycles. The minimum Gasteiger partial charge on any atom is -0.481 e. The normalized spacial score (nSPS) is 22.9. The van der Waals surface area contributed by atoms with E-state index in [1.54, 1.807) is 9.80 Å². The molecule has 0 bridgehead atoms. The van der Waals surface area contributed by atoms with Crippen LogP contribution in [0.2, 0.25) is 0 Å².